The van der Waals surface area contributed by atoms with Crippen LogP contribution in [0.3, 0.4) is 0 Å². The van der Waals surface area contributed by atoms with Crippen LogP contribution >= 0.6 is 0 Å². The molecule has 0 bridgehead atoms. The second-order valence-electron chi connectivity index (χ2n) is 7.24. The lowest BCUT2D eigenvalue weighted by Crippen LogP contribution is -2.43. The summed E-state index contributed by atoms with van der Waals surface area (Å²) in [4.78, 5) is 32.0. The number of aromatic nitrogens is 2. The van der Waals surface area contributed by atoms with Crippen LogP contribution in [0, 0.1) is 5.82 Å². The molecular weight excluding hydrogens is 391 g/mol. The van der Waals surface area contributed by atoms with Crippen LogP contribution in [0.5, 0.6) is 5.88 Å². The maximum atomic E-state index is 14.6. The first kappa shape index (κ1) is 21.4. The van der Waals surface area contributed by atoms with Crippen molar-refractivity contribution in [2.24, 2.45) is 11.5 Å². The quantitative estimate of drug-likeness (QED) is 0.503. The van der Waals surface area contributed by atoms with Crippen molar-refractivity contribution in [3.63, 3.8) is 0 Å². The van der Waals surface area contributed by atoms with E-state index in [2.05, 4.69) is 20.6 Å². The molecule has 3 rings (SSSR count). The number of hydrogen-bond donors (Lipinski definition) is 4. The number of primary amides is 1. The second-order valence-corrected chi connectivity index (χ2v) is 7.24. The lowest BCUT2D eigenvalue weighted by Gasteiger charge is -2.30. The number of rotatable bonds is 7. The molecule has 160 valence electrons. The minimum absolute atomic E-state index is 0.0295. The fourth-order valence-electron chi connectivity index (χ4n) is 3.46. The van der Waals surface area contributed by atoms with Gasteiger partial charge in [0.15, 0.2) is 17.4 Å². The summed E-state index contributed by atoms with van der Waals surface area (Å²) in [5, 5.41) is 5.94. The van der Waals surface area contributed by atoms with Gasteiger partial charge in [0.1, 0.15) is 5.82 Å². The maximum Gasteiger partial charge on any atom is 0.252 e. The molecule has 2 heterocycles. The number of carbonyl (C=O) groups is 2. The van der Waals surface area contributed by atoms with Crippen molar-refractivity contribution in [2.45, 2.75) is 44.7 Å². The van der Waals surface area contributed by atoms with Crippen LogP contribution in [0.25, 0.3) is 0 Å². The van der Waals surface area contributed by atoms with Gasteiger partial charge >= 0.3 is 0 Å². The number of nitrogens with one attached hydrogen (secondary N) is 2. The molecular formula is C20H25FN6O3. The van der Waals surface area contributed by atoms with Crippen LogP contribution in [0.4, 0.5) is 21.7 Å². The minimum atomic E-state index is -0.849. The molecule has 2 aromatic heterocycles. The highest BCUT2D eigenvalue weighted by molar-refractivity contribution is 5.99. The highest BCUT2D eigenvalue weighted by atomic mass is 19.1. The van der Waals surface area contributed by atoms with E-state index in [1.165, 1.54) is 26.3 Å². The van der Waals surface area contributed by atoms with Crippen LogP contribution in [-0.4, -0.2) is 40.9 Å². The normalized spacial score (nSPS) is 18.5. The number of Topliss-reactive ketones (excluding diaryl/α,β-unsaturated/α-hetero) is 1. The fraction of sp³-hybridized carbons (Fsp3) is 0.400. The van der Waals surface area contributed by atoms with Gasteiger partial charge in [0.05, 0.1) is 30.1 Å². The summed E-state index contributed by atoms with van der Waals surface area (Å²) in [5.74, 6) is -1.62. The third-order valence-corrected chi connectivity index (χ3v) is 5.07. The number of amides is 1. The van der Waals surface area contributed by atoms with Crippen molar-refractivity contribution < 1.29 is 18.7 Å². The Morgan fingerprint density at radius 3 is 2.57 bits per heavy atom. The van der Waals surface area contributed by atoms with E-state index in [0.717, 1.165) is 31.7 Å². The number of pyridine rings is 2. The number of nitrogens with zero attached hydrogens (tertiary/aromatic N) is 2. The first-order valence-corrected chi connectivity index (χ1v) is 9.64. The summed E-state index contributed by atoms with van der Waals surface area (Å²) in [6.07, 6.45) is 5.07. The molecule has 30 heavy (non-hydrogen) atoms. The number of hydrogen-bond acceptors (Lipinski definition) is 8. The third kappa shape index (κ3) is 4.65. The smallest absolute Gasteiger partial charge is 0.252 e. The average molecular weight is 416 g/mol. The molecule has 9 nitrogen and oxygen atoms in total. The molecule has 2 aromatic rings. The molecule has 0 spiro atoms. The van der Waals surface area contributed by atoms with Crippen molar-refractivity contribution in [3.05, 3.63) is 35.3 Å². The van der Waals surface area contributed by atoms with E-state index in [1.54, 1.807) is 0 Å². The van der Waals surface area contributed by atoms with Crippen molar-refractivity contribution in [3.8, 4) is 5.88 Å². The Morgan fingerprint density at radius 1 is 1.20 bits per heavy atom. The molecule has 0 unspecified atom stereocenters. The van der Waals surface area contributed by atoms with Gasteiger partial charge in [-0.1, -0.05) is 12.8 Å². The highest BCUT2D eigenvalue weighted by Crippen LogP contribution is 2.28. The number of halogens is 1. The Balaban J connectivity index is 1.95. The first-order chi connectivity index (χ1) is 14.3. The van der Waals surface area contributed by atoms with Crippen LogP contribution in [0.2, 0.25) is 0 Å². The van der Waals surface area contributed by atoms with Crippen molar-refractivity contribution in [2.75, 3.05) is 17.7 Å². The van der Waals surface area contributed by atoms with Crippen LogP contribution < -0.4 is 26.8 Å². The van der Waals surface area contributed by atoms with Crippen LogP contribution in [-0.2, 0) is 0 Å². The van der Waals surface area contributed by atoms with Gasteiger partial charge < -0.3 is 26.8 Å². The van der Waals surface area contributed by atoms with E-state index in [0.29, 0.717) is 5.69 Å². The number of carbonyl (C=O) groups excluding carboxylic acids is 2. The van der Waals surface area contributed by atoms with E-state index >= 15 is 0 Å². The van der Waals surface area contributed by atoms with E-state index in [9.17, 15) is 14.0 Å². The lowest BCUT2D eigenvalue weighted by molar-refractivity contribution is 0.0995. The summed E-state index contributed by atoms with van der Waals surface area (Å²) < 4.78 is 19.7. The summed E-state index contributed by atoms with van der Waals surface area (Å²) >= 11 is 0. The van der Waals surface area contributed by atoms with Gasteiger partial charge in [-0.25, -0.2) is 14.4 Å². The van der Waals surface area contributed by atoms with E-state index in [1.807, 2.05) is 0 Å². The lowest BCUT2D eigenvalue weighted by atomic mass is 9.91. The molecule has 0 saturated heterocycles. The Hall–Kier alpha value is -3.27. The molecule has 0 radical (unpaired) electrons. The third-order valence-electron chi connectivity index (χ3n) is 5.07. The summed E-state index contributed by atoms with van der Waals surface area (Å²) in [7, 11) is 1.41. The second kappa shape index (κ2) is 9.04. The zero-order valence-electron chi connectivity index (χ0n) is 16.9. The molecule has 6 N–H and O–H groups in total. The van der Waals surface area contributed by atoms with Gasteiger partial charge in [0, 0.05) is 12.1 Å². The molecule has 10 heteroatoms. The molecule has 1 aliphatic carbocycles. The SMILES string of the molecule is COc1ncc(Nc2nc(N[C@@H]3CCCC[C@@H]3N)c(F)cc2C(N)=O)cc1C(C)=O. The monoisotopic (exact) mass is 416 g/mol. The summed E-state index contributed by atoms with van der Waals surface area (Å²) in [6.45, 7) is 1.38. The Labute approximate surface area is 173 Å². The van der Waals surface area contributed by atoms with Crippen molar-refractivity contribution in [1.29, 1.82) is 0 Å². The van der Waals surface area contributed by atoms with Crippen molar-refractivity contribution >= 4 is 29.0 Å². The first-order valence-electron chi connectivity index (χ1n) is 9.64. The Bertz CT molecular complexity index is 968. The van der Waals surface area contributed by atoms with Gasteiger partial charge in [-0.15, -0.1) is 0 Å². The number of ether oxygens (including phenoxy) is 1. The molecule has 1 amide bonds. The largest absolute Gasteiger partial charge is 0.480 e. The van der Waals surface area contributed by atoms with E-state index < -0.39 is 11.7 Å². The zero-order chi connectivity index (χ0) is 21.8. The van der Waals surface area contributed by atoms with Crippen LogP contribution in [0.15, 0.2) is 18.3 Å². The number of methoxy groups -OCH3 is 1. The van der Waals surface area contributed by atoms with E-state index in [-0.39, 0.29) is 46.5 Å². The predicted octanol–water partition coefficient (Wildman–Crippen LogP) is 2.35. The predicted molar refractivity (Wildman–Crippen MR) is 111 cm³/mol. The molecule has 0 aliphatic heterocycles. The average Bonchev–Trinajstić information content (AvgIpc) is 2.71. The minimum Gasteiger partial charge on any atom is -0.480 e. The number of nitrogens with two attached hydrogens (primary N) is 2. The molecule has 1 saturated carbocycles. The zero-order valence-corrected chi connectivity index (χ0v) is 16.9. The van der Waals surface area contributed by atoms with Gasteiger partial charge in [0.25, 0.3) is 5.91 Å². The van der Waals surface area contributed by atoms with E-state index in [4.69, 9.17) is 16.2 Å². The number of ketones is 1. The van der Waals surface area contributed by atoms with Crippen LogP contribution in [0.1, 0.15) is 53.3 Å². The Kier molecular flexibility index (Phi) is 6.46. The summed E-state index contributed by atoms with van der Waals surface area (Å²) in [5.41, 5.74) is 12.0. The molecule has 1 aliphatic rings. The molecule has 0 aromatic carbocycles. The van der Waals surface area contributed by atoms with Crippen molar-refractivity contribution in [1.82, 2.24) is 9.97 Å². The summed E-state index contributed by atoms with van der Waals surface area (Å²) in [6, 6.07) is 2.29. The maximum absolute atomic E-state index is 14.6. The topological polar surface area (TPSA) is 145 Å². The number of anilines is 3. The van der Waals surface area contributed by atoms with Gasteiger partial charge in [-0.3, -0.25) is 9.59 Å². The van der Waals surface area contributed by atoms with Gasteiger partial charge in [0.2, 0.25) is 5.88 Å². The molecule has 1 fully saturated rings. The van der Waals surface area contributed by atoms with Gasteiger partial charge in [-0.2, -0.15) is 0 Å². The standard InChI is InChI=1S/C20H25FN6O3/c1-10(28)12-7-11(9-24-20(12)30-2)25-18-13(17(23)29)8-14(21)19(27-18)26-16-6-4-3-5-15(16)22/h7-9,15-16H,3-6,22H2,1-2H3,(H2,23,29)(H2,25,26,27)/t15-,16+/m0/s1. The fourth-order valence-corrected chi connectivity index (χ4v) is 3.46. The Morgan fingerprint density at radius 2 is 1.93 bits per heavy atom. The van der Waals surface area contributed by atoms with Gasteiger partial charge in [-0.05, 0) is 31.9 Å². The molecule has 2 atom stereocenters. The highest BCUT2D eigenvalue weighted by Gasteiger charge is 2.24.